The van der Waals surface area contributed by atoms with E-state index in [1.807, 2.05) is 0 Å². The molecule has 0 unspecified atom stereocenters. The Labute approximate surface area is 180 Å². The number of nitrogens with one attached hydrogen (secondary N) is 1. The largest absolute Gasteiger partial charge is 0.450 e. The Bertz CT molecular complexity index is 858. The molecule has 1 aliphatic heterocycles. The Morgan fingerprint density at radius 1 is 1.19 bits per heavy atom. The van der Waals surface area contributed by atoms with Crippen molar-refractivity contribution in [1.82, 2.24) is 4.90 Å². The third kappa shape index (κ3) is 7.70. The molecule has 6 nitrogen and oxygen atoms in total. The van der Waals surface area contributed by atoms with Crippen molar-refractivity contribution in [3.63, 3.8) is 0 Å². The van der Waals surface area contributed by atoms with Crippen molar-refractivity contribution in [2.45, 2.75) is 52.3 Å². The number of rotatable bonds is 2. The number of alkyl halides is 3. The number of halogens is 3. The van der Waals surface area contributed by atoms with Crippen LogP contribution in [0.1, 0.15) is 51.7 Å². The number of carbonyl (C=O) groups is 2. The lowest BCUT2D eigenvalue weighted by Gasteiger charge is -2.31. The summed E-state index contributed by atoms with van der Waals surface area (Å²) in [7, 11) is 0. The van der Waals surface area contributed by atoms with Crippen LogP contribution in [0.5, 0.6) is 0 Å². The van der Waals surface area contributed by atoms with Gasteiger partial charge >= 0.3 is 18.4 Å². The number of amides is 2. The van der Waals surface area contributed by atoms with Crippen LogP contribution in [0.3, 0.4) is 0 Å². The summed E-state index contributed by atoms with van der Waals surface area (Å²) in [5.41, 5.74) is -1.24. The van der Waals surface area contributed by atoms with Gasteiger partial charge in [-0.2, -0.15) is 13.2 Å². The number of ether oxygens (including phenoxy) is 2. The zero-order valence-electron chi connectivity index (χ0n) is 18.1. The predicted octanol–water partition coefficient (Wildman–Crippen LogP) is 5.27. The van der Waals surface area contributed by atoms with E-state index < -0.39 is 29.5 Å². The molecule has 170 valence electrons. The summed E-state index contributed by atoms with van der Waals surface area (Å²) in [6.07, 6.45) is -4.54. The normalized spacial score (nSPS) is 15.0. The van der Waals surface area contributed by atoms with Gasteiger partial charge < -0.3 is 14.4 Å². The SMILES string of the molecule is CCOC(=O)Nc1ccc(C(F)(F)F)cc1C#CC1CCN(C(=O)OC(C)(C)C)CC1. The smallest absolute Gasteiger partial charge is 0.416 e. The average molecular weight is 440 g/mol. The molecular formula is C22H27F3N2O4. The van der Waals surface area contributed by atoms with Crippen molar-refractivity contribution >= 4 is 17.9 Å². The number of likely N-dealkylation sites (tertiary alicyclic amines) is 1. The van der Waals surface area contributed by atoms with Gasteiger partial charge in [-0.15, -0.1) is 0 Å². The maximum atomic E-state index is 13.1. The maximum Gasteiger partial charge on any atom is 0.416 e. The molecule has 0 aromatic heterocycles. The summed E-state index contributed by atoms with van der Waals surface area (Å²) < 4.78 is 49.5. The van der Waals surface area contributed by atoms with E-state index in [9.17, 15) is 22.8 Å². The molecule has 0 spiro atoms. The first-order valence-electron chi connectivity index (χ1n) is 10.0. The Morgan fingerprint density at radius 2 is 1.84 bits per heavy atom. The molecule has 0 radical (unpaired) electrons. The summed E-state index contributed by atoms with van der Waals surface area (Å²) >= 11 is 0. The van der Waals surface area contributed by atoms with Crippen LogP contribution >= 0.6 is 0 Å². The van der Waals surface area contributed by atoms with Crippen molar-refractivity contribution in [2.75, 3.05) is 25.0 Å². The molecule has 1 aliphatic rings. The van der Waals surface area contributed by atoms with Crippen LogP contribution < -0.4 is 5.32 Å². The number of piperidine rings is 1. The Morgan fingerprint density at radius 3 is 2.39 bits per heavy atom. The minimum atomic E-state index is -4.53. The first-order valence-corrected chi connectivity index (χ1v) is 10.0. The van der Waals surface area contributed by atoms with Crippen LogP contribution in [-0.2, 0) is 15.7 Å². The molecule has 1 fully saturated rings. The van der Waals surface area contributed by atoms with Gasteiger partial charge in [-0.25, -0.2) is 9.59 Å². The van der Waals surface area contributed by atoms with E-state index in [0.717, 1.165) is 18.2 Å². The molecule has 1 saturated heterocycles. The highest BCUT2D eigenvalue weighted by atomic mass is 19.4. The van der Waals surface area contributed by atoms with Gasteiger partial charge in [0.05, 0.1) is 17.9 Å². The van der Waals surface area contributed by atoms with Crippen LogP contribution in [0.25, 0.3) is 0 Å². The Balaban J connectivity index is 2.13. The highest BCUT2D eigenvalue weighted by Gasteiger charge is 2.31. The fraction of sp³-hybridized carbons (Fsp3) is 0.545. The van der Waals surface area contributed by atoms with Gasteiger partial charge in [-0.1, -0.05) is 11.8 Å². The van der Waals surface area contributed by atoms with Crippen LogP contribution in [0.4, 0.5) is 28.4 Å². The lowest BCUT2D eigenvalue weighted by Crippen LogP contribution is -2.41. The number of anilines is 1. The molecule has 2 rings (SSSR count). The molecule has 1 aromatic carbocycles. The second kappa shape index (κ2) is 9.94. The van der Waals surface area contributed by atoms with Crippen LogP contribution in [0.2, 0.25) is 0 Å². The van der Waals surface area contributed by atoms with Gasteiger partial charge in [0, 0.05) is 24.6 Å². The minimum Gasteiger partial charge on any atom is -0.450 e. The molecule has 31 heavy (non-hydrogen) atoms. The van der Waals surface area contributed by atoms with Gasteiger partial charge in [0.1, 0.15) is 5.60 Å². The van der Waals surface area contributed by atoms with Gasteiger partial charge in [0.25, 0.3) is 0 Å². The summed E-state index contributed by atoms with van der Waals surface area (Å²) in [5.74, 6) is 5.66. The number of nitrogens with zero attached hydrogens (tertiary/aromatic N) is 1. The Kier molecular flexibility index (Phi) is 7.82. The van der Waals surface area contributed by atoms with E-state index >= 15 is 0 Å². The van der Waals surface area contributed by atoms with E-state index in [2.05, 4.69) is 17.2 Å². The van der Waals surface area contributed by atoms with E-state index in [1.165, 1.54) is 0 Å². The van der Waals surface area contributed by atoms with Gasteiger partial charge in [-0.05, 0) is 58.7 Å². The summed E-state index contributed by atoms with van der Waals surface area (Å²) in [4.78, 5) is 25.4. The second-order valence-electron chi connectivity index (χ2n) is 8.11. The molecular weight excluding hydrogens is 413 g/mol. The lowest BCUT2D eigenvalue weighted by atomic mass is 9.97. The van der Waals surface area contributed by atoms with E-state index in [4.69, 9.17) is 9.47 Å². The highest BCUT2D eigenvalue weighted by Crippen LogP contribution is 2.32. The zero-order valence-corrected chi connectivity index (χ0v) is 18.1. The van der Waals surface area contributed by atoms with E-state index in [0.29, 0.717) is 25.9 Å². The summed E-state index contributed by atoms with van der Waals surface area (Å²) in [5, 5.41) is 2.42. The molecule has 0 aliphatic carbocycles. The summed E-state index contributed by atoms with van der Waals surface area (Å²) in [6.45, 7) is 8.02. The first kappa shape index (κ1) is 24.4. The van der Waals surface area contributed by atoms with Crippen molar-refractivity contribution < 1.29 is 32.2 Å². The van der Waals surface area contributed by atoms with Crippen molar-refractivity contribution in [1.29, 1.82) is 0 Å². The quantitative estimate of drug-likeness (QED) is 0.636. The fourth-order valence-corrected chi connectivity index (χ4v) is 2.92. The third-order valence-corrected chi connectivity index (χ3v) is 4.42. The molecule has 1 heterocycles. The Hall–Kier alpha value is -2.89. The predicted molar refractivity (Wildman–Crippen MR) is 109 cm³/mol. The maximum absolute atomic E-state index is 13.1. The number of carbonyl (C=O) groups excluding carboxylic acids is 2. The number of benzene rings is 1. The lowest BCUT2D eigenvalue weighted by molar-refractivity contribution is -0.137. The van der Waals surface area contributed by atoms with Gasteiger partial charge in [0.15, 0.2) is 0 Å². The van der Waals surface area contributed by atoms with E-state index in [-0.39, 0.29) is 23.8 Å². The average Bonchev–Trinajstić information content (AvgIpc) is 2.65. The standard InChI is InChI=1S/C22H27F3N2O4/c1-5-30-19(28)26-18-9-8-17(22(23,24)25)14-16(18)7-6-15-10-12-27(13-11-15)20(29)31-21(2,3)4/h8-9,14-15H,5,10-13H2,1-4H3,(H,26,28). The van der Waals surface area contributed by atoms with Crippen LogP contribution in [0, 0.1) is 17.8 Å². The molecule has 9 heteroatoms. The number of hydrogen-bond acceptors (Lipinski definition) is 4. The van der Waals surface area contributed by atoms with Crippen LogP contribution in [0.15, 0.2) is 18.2 Å². The van der Waals surface area contributed by atoms with Gasteiger partial charge in [0.2, 0.25) is 0 Å². The second-order valence-corrected chi connectivity index (χ2v) is 8.11. The van der Waals surface area contributed by atoms with Crippen molar-refractivity contribution in [3.8, 4) is 11.8 Å². The molecule has 0 bridgehead atoms. The molecule has 1 aromatic rings. The summed E-state index contributed by atoms with van der Waals surface area (Å²) in [6, 6.07) is 2.95. The topological polar surface area (TPSA) is 67.9 Å². The zero-order chi connectivity index (χ0) is 23.2. The van der Waals surface area contributed by atoms with Crippen molar-refractivity contribution in [3.05, 3.63) is 29.3 Å². The van der Waals surface area contributed by atoms with Crippen molar-refractivity contribution in [2.24, 2.45) is 5.92 Å². The van der Waals surface area contributed by atoms with Gasteiger partial charge in [-0.3, -0.25) is 5.32 Å². The first-order chi connectivity index (χ1) is 14.4. The monoisotopic (exact) mass is 440 g/mol. The highest BCUT2D eigenvalue weighted by molar-refractivity contribution is 5.86. The molecule has 1 N–H and O–H groups in total. The van der Waals surface area contributed by atoms with E-state index in [1.54, 1.807) is 32.6 Å². The van der Waals surface area contributed by atoms with Crippen LogP contribution in [-0.4, -0.2) is 42.4 Å². The fourth-order valence-electron chi connectivity index (χ4n) is 2.92. The molecule has 0 saturated carbocycles. The molecule has 0 atom stereocenters. The minimum absolute atomic E-state index is 0.0532. The molecule has 2 amide bonds. The third-order valence-electron chi connectivity index (χ3n) is 4.42. The number of hydrogen-bond donors (Lipinski definition) is 1.